The Kier molecular flexibility index (Phi) is 4.21. The maximum absolute atomic E-state index is 9.60. The molecule has 3 heterocycles. The molecule has 1 fully saturated rings. The largest absolute Gasteiger partial charge is 0.393 e. The summed E-state index contributed by atoms with van der Waals surface area (Å²) in [7, 11) is 3.79. The Labute approximate surface area is 168 Å². The van der Waals surface area contributed by atoms with Crippen LogP contribution in [0.5, 0.6) is 0 Å². The molecule has 29 heavy (non-hydrogen) atoms. The molecular weight excluding hydrogens is 366 g/mol. The van der Waals surface area contributed by atoms with Crippen molar-refractivity contribution in [2.45, 2.75) is 25.0 Å². The molecule has 0 bridgehead atoms. The number of hydrogen-bond acceptors (Lipinski definition) is 6. The smallest absolute Gasteiger partial charge is 0.161 e. The molecule has 0 unspecified atom stereocenters. The number of rotatable bonds is 5. The van der Waals surface area contributed by atoms with E-state index in [-0.39, 0.29) is 12.1 Å². The molecule has 0 saturated heterocycles. The van der Waals surface area contributed by atoms with E-state index in [9.17, 15) is 5.11 Å². The predicted molar refractivity (Wildman–Crippen MR) is 113 cm³/mol. The molecule has 8 heteroatoms. The van der Waals surface area contributed by atoms with Crippen LogP contribution in [0, 0.1) is 0 Å². The summed E-state index contributed by atoms with van der Waals surface area (Å²) in [6, 6.07) is 14.4. The number of aliphatic hydroxyl groups is 1. The van der Waals surface area contributed by atoms with E-state index in [0.717, 1.165) is 46.6 Å². The van der Waals surface area contributed by atoms with Crippen molar-refractivity contribution < 1.29 is 5.11 Å². The summed E-state index contributed by atoms with van der Waals surface area (Å²) in [5, 5.41) is 26.4. The van der Waals surface area contributed by atoms with Crippen LogP contribution in [0.25, 0.3) is 22.3 Å². The van der Waals surface area contributed by atoms with Gasteiger partial charge in [0.05, 0.1) is 29.1 Å². The fourth-order valence-electron chi connectivity index (χ4n) is 3.69. The fraction of sp³-hybridized carbons (Fsp3) is 0.286. The van der Waals surface area contributed by atoms with E-state index >= 15 is 0 Å². The van der Waals surface area contributed by atoms with Gasteiger partial charge in [0.15, 0.2) is 5.65 Å². The van der Waals surface area contributed by atoms with E-state index in [1.165, 1.54) is 0 Å². The molecule has 1 aliphatic rings. The summed E-state index contributed by atoms with van der Waals surface area (Å²) in [6.07, 6.45) is 3.13. The summed E-state index contributed by atoms with van der Waals surface area (Å²) >= 11 is 0. The van der Waals surface area contributed by atoms with Crippen molar-refractivity contribution >= 4 is 28.4 Å². The number of aromatic nitrogens is 5. The van der Waals surface area contributed by atoms with E-state index in [0.29, 0.717) is 5.82 Å². The molecule has 5 rings (SSSR count). The van der Waals surface area contributed by atoms with Crippen LogP contribution in [-0.2, 0) is 14.1 Å². The zero-order chi connectivity index (χ0) is 20.0. The van der Waals surface area contributed by atoms with Crippen LogP contribution in [0.2, 0.25) is 0 Å². The highest BCUT2D eigenvalue weighted by Gasteiger charge is 2.27. The lowest BCUT2D eigenvalue weighted by molar-refractivity contribution is 0.0837. The van der Waals surface area contributed by atoms with Gasteiger partial charge in [-0.2, -0.15) is 10.2 Å². The highest BCUT2D eigenvalue weighted by Crippen LogP contribution is 2.31. The first-order chi connectivity index (χ1) is 14.1. The van der Waals surface area contributed by atoms with Gasteiger partial charge in [-0.25, -0.2) is 4.98 Å². The van der Waals surface area contributed by atoms with E-state index in [2.05, 4.69) is 20.8 Å². The zero-order valence-electron chi connectivity index (χ0n) is 16.4. The third-order valence-corrected chi connectivity index (χ3v) is 5.38. The molecule has 0 amide bonds. The molecular formula is C21H23N7O. The molecule has 1 aliphatic carbocycles. The van der Waals surface area contributed by atoms with Gasteiger partial charge in [0.2, 0.25) is 0 Å². The number of anilines is 3. The van der Waals surface area contributed by atoms with Gasteiger partial charge in [0.25, 0.3) is 0 Å². The second-order valence-corrected chi connectivity index (χ2v) is 7.56. The molecule has 1 saturated carbocycles. The number of pyridine rings is 1. The van der Waals surface area contributed by atoms with Gasteiger partial charge in [-0.05, 0) is 12.8 Å². The minimum absolute atomic E-state index is 0.206. The first-order valence-electron chi connectivity index (χ1n) is 9.70. The Bertz CT molecular complexity index is 1160. The molecule has 0 radical (unpaired) electrons. The standard InChI is InChI=1S/C21H23N7O/c1-27-20(11-17(26-27)13-6-4-3-5-7-13)24-19-10-18(23-14-8-15(29)9-14)16-12-22-28(2)21(16)25-19/h3-7,10-12,14-15,29H,8-9H2,1-2H3,(H2,23,24,25). The van der Waals surface area contributed by atoms with Gasteiger partial charge in [0, 0.05) is 37.8 Å². The van der Waals surface area contributed by atoms with E-state index < -0.39 is 0 Å². The van der Waals surface area contributed by atoms with Crippen molar-refractivity contribution in [3.05, 3.63) is 48.7 Å². The lowest BCUT2D eigenvalue weighted by Gasteiger charge is -2.33. The van der Waals surface area contributed by atoms with Crippen LogP contribution in [0.3, 0.4) is 0 Å². The predicted octanol–water partition coefficient (Wildman–Crippen LogP) is 3.05. The first-order valence-corrected chi connectivity index (χ1v) is 9.70. The SMILES string of the molecule is Cn1nc(-c2ccccc2)cc1Nc1cc(NC2CC(O)C2)c2cnn(C)c2n1. The average molecular weight is 389 g/mol. The molecule has 1 aromatic carbocycles. The molecule has 0 spiro atoms. The monoisotopic (exact) mass is 389 g/mol. The van der Waals surface area contributed by atoms with Gasteiger partial charge < -0.3 is 15.7 Å². The number of nitrogens with one attached hydrogen (secondary N) is 2. The topological polar surface area (TPSA) is 92.8 Å². The lowest BCUT2D eigenvalue weighted by Crippen LogP contribution is -2.39. The zero-order valence-corrected chi connectivity index (χ0v) is 16.4. The van der Waals surface area contributed by atoms with Crippen LogP contribution in [-0.4, -0.2) is 41.8 Å². The second kappa shape index (κ2) is 6.89. The Hall–Kier alpha value is -3.39. The Morgan fingerprint density at radius 1 is 1.07 bits per heavy atom. The van der Waals surface area contributed by atoms with Gasteiger partial charge in [-0.15, -0.1) is 0 Å². The van der Waals surface area contributed by atoms with Crippen molar-refractivity contribution in [3.63, 3.8) is 0 Å². The van der Waals surface area contributed by atoms with Gasteiger partial charge in [-0.1, -0.05) is 30.3 Å². The number of fused-ring (bicyclic) bond motifs is 1. The van der Waals surface area contributed by atoms with Crippen molar-refractivity contribution in [2.75, 3.05) is 10.6 Å². The summed E-state index contributed by atoms with van der Waals surface area (Å²) < 4.78 is 3.58. The second-order valence-electron chi connectivity index (χ2n) is 7.56. The van der Waals surface area contributed by atoms with Crippen LogP contribution < -0.4 is 10.6 Å². The van der Waals surface area contributed by atoms with Crippen LogP contribution in [0.1, 0.15) is 12.8 Å². The first kappa shape index (κ1) is 17.7. The Morgan fingerprint density at radius 2 is 1.86 bits per heavy atom. The summed E-state index contributed by atoms with van der Waals surface area (Å²) in [5.41, 5.74) is 3.73. The van der Waals surface area contributed by atoms with E-state index in [4.69, 9.17) is 4.98 Å². The van der Waals surface area contributed by atoms with E-state index in [1.54, 1.807) is 4.68 Å². The number of nitrogens with zero attached hydrogens (tertiary/aromatic N) is 5. The Morgan fingerprint density at radius 3 is 2.62 bits per heavy atom. The number of hydrogen-bond donors (Lipinski definition) is 3. The molecule has 4 aromatic rings. The van der Waals surface area contributed by atoms with Crippen LogP contribution >= 0.6 is 0 Å². The fourth-order valence-corrected chi connectivity index (χ4v) is 3.69. The third-order valence-electron chi connectivity index (χ3n) is 5.38. The summed E-state index contributed by atoms with van der Waals surface area (Å²) in [4.78, 5) is 4.74. The maximum Gasteiger partial charge on any atom is 0.161 e. The average Bonchev–Trinajstić information content (AvgIpc) is 3.25. The minimum atomic E-state index is -0.206. The van der Waals surface area contributed by atoms with Gasteiger partial charge in [0.1, 0.15) is 11.6 Å². The van der Waals surface area contributed by atoms with Crippen LogP contribution in [0.15, 0.2) is 48.7 Å². The van der Waals surface area contributed by atoms with Crippen molar-refractivity contribution in [1.29, 1.82) is 0 Å². The normalized spacial score (nSPS) is 18.6. The molecule has 0 aliphatic heterocycles. The molecule has 148 valence electrons. The number of benzene rings is 1. The number of aryl methyl sites for hydroxylation is 2. The van der Waals surface area contributed by atoms with E-state index in [1.807, 2.05) is 67.4 Å². The Balaban J connectivity index is 1.47. The molecule has 8 nitrogen and oxygen atoms in total. The molecule has 3 N–H and O–H groups in total. The van der Waals surface area contributed by atoms with Crippen molar-refractivity contribution in [1.82, 2.24) is 24.5 Å². The number of aliphatic hydroxyl groups excluding tert-OH is 1. The van der Waals surface area contributed by atoms with Gasteiger partial charge in [-0.3, -0.25) is 9.36 Å². The van der Waals surface area contributed by atoms with Crippen molar-refractivity contribution in [3.8, 4) is 11.3 Å². The summed E-state index contributed by atoms with van der Waals surface area (Å²) in [6.45, 7) is 0. The quantitative estimate of drug-likeness (QED) is 0.486. The van der Waals surface area contributed by atoms with Gasteiger partial charge >= 0.3 is 0 Å². The van der Waals surface area contributed by atoms with Crippen LogP contribution in [0.4, 0.5) is 17.3 Å². The lowest BCUT2D eigenvalue weighted by atomic mass is 9.89. The van der Waals surface area contributed by atoms with Crippen molar-refractivity contribution in [2.24, 2.45) is 14.1 Å². The molecule has 3 aromatic heterocycles. The molecule has 0 atom stereocenters. The highest BCUT2D eigenvalue weighted by atomic mass is 16.3. The maximum atomic E-state index is 9.60. The third kappa shape index (κ3) is 3.31. The highest BCUT2D eigenvalue weighted by molar-refractivity contribution is 5.91. The summed E-state index contributed by atoms with van der Waals surface area (Å²) in [5.74, 6) is 1.56. The minimum Gasteiger partial charge on any atom is -0.393 e.